The van der Waals surface area contributed by atoms with Crippen LogP contribution < -0.4 is 0 Å². The van der Waals surface area contributed by atoms with Gasteiger partial charge in [-0.1, -0.05) is 60.2 Å². The van der Waals surface area contributed by atoms with Crippen LogP contribution in [0.1, 0.15) is 45.8 Å². The zero-order chi connectivity index (χ0) is 17.9. The quantitative estimate of drug-likeness (QED) is 0.474. The molecular weight excluding hydrogens is 320 g/mol. The minimum absolute atomic E-state index is 0.0742. The highest BCUT2D eigenvalue weighted by Gasteiger charge is 2.21. The molecule has 0 fully saturated rings. The highest BCUT2D eigenvalue weighted by Crippen LogP contribution is 2.32. The van der Waals surface area contributed by atoms with Gasteiger partial charge in [0.1, 0.15) is 6.10 Å². The van der Waals surface area contributed by atoms with Crippen molar-refractivity contribution in [2.75, 3.05) is 0 Å². The van der Waals surface area contributed by atoms with Crippen LogP contribution in [0.25, 0.3) is 0 Å². The van der Waals surface area contributed by atoms with Gasteiger partial charge in [0.05, 0.1) is 5.92 Å². The summed E-state index contributed by atoms with van der Waals surface area (Å²) in [5.41, 5.74) is 6.25. The van der Waals surface area contributed by atoms with Gasteiger partial charge in [-0.3, -0.25) is 0 Å². The van der Waals surface area contributed by atoms with Gasteiger partial charge in [-0.05, 0) is 42.3 Å². The Labute approximate surface area is 153 Å². The van der Waals surface area contributed by atoms with Crippen LogP contribution in [0.15, 0.2) is 85.1 Å². The second-order valence-corrected chi connectivity index (χ2v) is 6.65. The molecule has 4 aromatic rings. The van der Waals surface area contributed by atoms with Crippen molar-refractivity contribution in [3.63, 3.8) is 0 Å². The third-order valence-corrected chi connectivity index (χ3v) is 4.80. The van der Waals surface area contributed by atoms with Crippen LogP contribution in [-0.4, -0.2) is 15.1 Å². The van der Waals surface area contributed by atoms with E-state index in [4.69, 9.17) is 0 Å². The van der Waals surface area contributed by atoms with E-state index in [0.29, 0.717) is 0 Å². The fourth-order valence-electron chi connectivity index (χ4n) is 3.38. The molecular formula is C23H22N2O. The average Bonchev–Trinajstić information content (AvgIpc) is 3.36. The van der Waals surface area contributed by atoms with Crippen molar-refractivity contribution >= 4 is 0 Å². The number of aryl methyl sites for hydroxylation is 1. The van der Waals surface area contributed by atoms with E-state index in [0.717, 1.165) is 22.6 Å². The van der Waals surface area contributed by atoms with Gasteiger partial charge >= 0.3 is 0 Å². The topological polar surface area (TPSA) is 51.8 Å². The Morgan fingerprint density at radius 1 is 0.692 bits per heavy atom. The molecule has 0 saturated heterocycles. The summed E-state index contributed by atoms with van der Waals surface area (Å²) in [4.78, 5) is 6.77. The second-order valence-electron chi connectivity index (χ2n) is 6.65. The number of aliphatic hydroxyl groups is 1. The number of hydrogen-bond donors (Lipinski definition) is 3. The van der Waals surface area contributed by atoms with Gasteiger partial charge < -0.3 is 15.1 Å². The lowest BCUT2D eigenvalue weighted by molar-refractivity contribution is 0.216. The van der Waals surface area contributed by atoms with Crippen molar-refractivity contribution in [2.45, 2.75) is 18.9 Å². The molecule has 130 valence electrons. The van der Waals surface area contributed by atoms with Crippen LogP contribution >= 0.6 is 0 Å². The Balaban J connectivity index is 1.69. The van der Waals surface area contributed by atoms with E-state index in [9.17, 15) is 5.11 Å². The minimum Gasteiger partial charge on any atom is -0.382 e. The van der Waals surface area contributed by atoms with Crippen LogP contribution in [0.2, 0.25) is 0 Å². The van der Waals surface area contributed by atoms with Gasteiger partial charge in [0.2, 0.25) is 0 Å². The number of rotatable bonds is 5. The first-order valence-electron chi connectivity index (χ1n) is 8.84. The maximum atomic E-state index is 10.7. The summed E-state index contributed by atoms with van der Waals surface area (Å²) >= 11 is 0. The maximum Gasteiger partial charge on any atom is 0.119 e. The summed E-state index contributed by atoms with van der Waals surface area (Å²) < 4.78 is 0. The number of benzene rings is 2. The Bertz CT molecular complexity index is 953. The minimum atomic E-state index is -0.663. The molecule has 0 aliphatic carbocycles. The molecule has 2 heterocycles. The molecule has 2 unspecified atom stereocenters. The molecule has 0 spiro atoms. The predicted octanol–water partition coefficient (Wildman–Crippen LogP) is 4.91. The average molecular weight is 342 g/mol. The molecule has 3 N–H and O–H groups in total. The summed E-state index contributed by atoms with van der Waals surface area (Å²) in [6.45, 7) is 2.05. The summed E-state index contributed by atoms with van der Waals surface area (Å²) in [6.07, 6.45) is 1.28. The third kappa shape index (κ3) is 3.22. The van der Waals surface area contributed by atoms with Crippen molar-refractivity contribution in [3.05, 3.63) is 119 Å². The van der Waals surface area contributed by atoms with E-state index in [1.807, 2.05) is 55.6 Å². The number of aliphatic hydroxyl groups excluding tert-OH is 1. The van der Waals surface area contributed by atoms with Crippen LogP contribution in [0.3, 0.4) is 0 Å². The maximum absolute atomic E-state index is 10.7. The van der Waals surface area contributed by atoms with Gasteiger partial charge in [-0.2, -0.15) is 0 Å². The lowest BCUT2D eigenvalue weighted by Crippen LogP contribution is -2.06. The monoisotopic (exact) mass is 342 g/mol. The zero-order valence-electron chi connectivity index (χ0n) is 14.7. The molecule has 0 aliphatic rings. The number of hydrogen-bond acceptors (Lipinski definition) is 1. The van der Waals surface area contributed by atoms with Crippen molar-refractivity contribution in [1.29, 1.82) is 0 Å². The summed E-state index contributed by atoms with van der Waals surface area (Å²) in [5.74, 6) is 0.0742. The molecule has 0 saturated carbocycles. The Hall–Kier alpha value is -3.04. The highest BCUT2D eigenvalue weighted by molar-refractivity contribution is 5.39. The van der Waals surface area contributed by atoms with Gasteiger partial charge in [-0.25, -0.2) is 0 Å². The summed E-state index contributed by atoms with van der Waals surface area (Å²) in [7, 11) is 0. The van der Waals surface area contributed by atoms with Gasteiger partial charge in [0, 0.05) is 23.3 Å². The smallest absolute Gasteiger partial charge is 0.119 e. The normalized spacial score (nSPS) is 13.5. The fourth-order valence-corrected chi connectivity index (χ4v) is 3.38. The van der Waals surface area contributed by atoms with Crippen LogP contribution in [-0.2, 0) is 0 Å². The molecule has 2 atom stereocenters. The molecule has 3 heteroatoms. The number of aromatic nitrogens is 2. The number of nitrogens with one attached hydrogen (secondary N) is 2. The van der Waals surface area contributed by atoms with Crippen LogP contribution in [0.5, 0.6) is 0 Å². The number of aromatic amines is 2. The molecule has 0 bridgehead atoms. The first-order valence-corrected chi connectivity index (χ1v) is 8.84. The molecule has 4 rings (SSSR count). The molecule has 2 aromatic heterocycles. The standard InChI is InChI=1S/C23H22N2O/c1-16-9-11-18(12-10-16)23(26)21-14-13-20(25-21)22(19-8-5-15-24-19)17-6-3-2-4-7-17/h2-15,22-26H,1H3. The van der Waals surface area contributed by atoms with E-state index in [1.165, 1.54) is 11.1 Å². The highest BCUT2D eigenvalue weighted by atomic mass is 16.3. The zero-order valence-corrected chi connectivity index (χ0v) is 14.7. The molecule has 3 nitrogen and oxygen atoms in total. The van der Waals surface area contributed by atoms with Crippen LogP contribution in [0, 0.1) is 6.92 Å². The molecule has 26 heavy (non-hydrogen) atoms. The lowest BCUT2D eigenvalue weighted by atomic mass is 9.93. The lowest BCUT2D eigenvalue weighted by Gasteiger charge is -2.16. The predicted molar refractivity (Wildman–Crippen MR) is 104 cm³/mol. The number of H-pyrrole nitrogens is 2. The Kier molecular flexibility index (Phi) is 4.46. The molecule has 2 aromatic carbocycles. The first-order chi connectivity index (χ1) is 12.7. The molecule has 0 aliphatic heterocycles. The third-order valence-electron chi connectivity index (χ3n) is 4.80. The van der Waals surface area contributed by atoms with Crippen molar-refractivity contribution < 1.29 is 5.11 Å². The van der Waals surface area contributed by atoms with Crippen molar-refractivity contribution in [3.8, 4) is 0 Å². The molecule has 0 radical (unpaired) electrons. The SMILES string of the molecule is Cc1ccc(C(O)c2ccc(C(c3ccccc3)c3ccc[nH]3)[nH]2)cc1. The summed E-state index contributed by atoms with van der Waals surface area (Å²) in [5, 5.41) is 10.7. The van der Waals surface area contributed by atoms with Crippen molar-refractivity contribution in [2.24, 2.45) is 0 Å². The Morgan fingerprint density at radius 3 is 2.12 bits per heavy atom. The van der Waals surface area contributed by atoms with E-state index in [1.54, 1.807) is 0 Å². The fraction of sp³-hybridized carbons (Fsp3) is 0.130. The van der Waals surface area contributed by atoms with E-state index < -0.39 is 6.10 Å². The van der Waals surface area contributed by atoms with Gasteiger partial charge in [-0.15, -0.1) is 0 Å². The van der Waals surface area contributed by atoms with Gasteiger partial charge in [0.25, 0.3) is 0 Å². The Morgan fingerprint density at radius 2 is 1.42 bits per heavy atom. The van der Waals surface area contributed by atoms with E-state index in [-0.39, 0.29) is 5.92 Å². The van der Waals surface area contributed by atoms with E-state index in [2.05, 4.69) is 46.4 Å². The largest absolute Gasteiger partial charge is 0.382 e. The van der Waals surface area contributed by atoms with E-state index >= 15 is 0 Å². The second kappa shape index (κ2) is 7.06. The first kappa shape index (κ1) is 16.4. The van der Waals surface area contributed by atoms with Crippen molar-refractivity contribution in [1.82, 2.24) is 9.97 Å². The summed E-state index contributed by atoms with van der Waals surface area (Å²) in [6, 6.07) is 26.5. The van der Waals surface area contributed by atoms with Crippen LogP contribution in [0.4, 0.5) is 0 Å². The molecule has 0 amide bonds. The van der Waals surface area contributed by atoms with Gasteiger partial charge in [0.15, 0.2) is 0 Å².